The number of rotatable bonds is 4. The van der Waals surface area contributed by atoms with E-state index in [9.17, 15) is 14.7 Å². The lowest BCUT2D eigenvalue weighted by Crippen LogP contribution is -2.51. The lowest BCUT2D eigenvalue weighted by Gasteiger charge is -2.43. The molecular formula is C23H29NO3. The predicted octanol–water partition coefficient (Wildman–Crippen LogP) is 3.75. The van der Waals surface area contributed by atoms with Gasteiger partial charge in [0.25, 0.3) is 0 Å². The maximum atomic E-state index is 13.8. The average molecular weight is 367 g/mol. The van der Waals surface area contributed by atoms with Crippen molar-refractivity contribution in [1.82, 2.24) is 4.90 Å². The third kappa shape index (κ3) is 2.71. The van der Waals surface area contributed by atoms with E-state index in [0.717, 1.165) is 51.1 Å². The number of carbonyl (C=O) groups excluding carboxylic acids is 1. The number of likely N-dealkylation sites (tertiary alicyclic amines) is 1. The first-order chi connectivity index (χ1) is 13.0. The van der Waals surface area contributed by atoms with Crippen LogP contribution in [-0.4, -0.2) is 35.0 Å². The molecule has 1 amide bonds. The Morgan fingerprint density at radius 1 is 1.07 bits per heavy atom. The summed E-state index contributed by atoms with van der Waals surface area (Å²) in [5.74, 6) is 0.789. The van der Waals surface area contributed by atoms with Crippen molar-refractivity contribution in [2.24, 2.45) is 28.6 Å². The molecule has 1 aromatic rings. The molecule has 1 heterocycles. The van der Waals surface area contributed by atoms with E-state index in [1.54, 1.807) is 0 Å². The summed E-state index contributed by atoms with van der Waals surface area (Å²) >= 11 is 0. The molecule has 1 spiro atoms. The quantitative estimate of drug-likeness (QED) is 0.882. The van der Waals surface area contributed by atoms with Gasteiger partial charge >= 0.3 is 5.97 Å². The van der Waals surface area contributed by atoms with Crippen LogP contribution in [0.4, 0.5) is 0 Å². The molecule has 1 saturated heterocycles. The molecule has 4 atom stereocenters. The Bertz CT molecular complexity index is 752. The van der Waals surface area contributed by atoms with E-state index >= 15 is 0 Å². The van der Waals surface area contributed by atoms with Gasteiger partial charge in [-0.1, -0.05) is 36.8 Å². The second-order valence-electron chi connectivity index (χ2n) is 9.65. The van der Waals surface area contributed by atoms with Crippen LogP contribution in [-0.2, 0) is 16.0 Å². The number of benzene rings is 1. The molecular weight excluding hydrogens is 338 g/mol. The van der Waals surface area contributed by atoms with Crippen molar-refractivity contribution in [3.8, 4) is 0 Å². The second kappa shape index (κ2) is 6.08. The van der Waals surface area contributed by atoms with Crippen LogP contribution in [0.5, 0.6) is 0 Å². The number of piperidine rings is 1. The summed E-state index contributed by atoms with van der Waals surface area (Å²) in [6.45, 7) is 1.49. The van der Waals surface area contributed by atoms with Crippen LogP contribution in [0.2, 0.25) is 0 Å². The minimum atomic E-state index is -0.650. The van der Waals surface area contributed by atoms with E-state index in [0.29, 0.717) is 11.8 Å². The van der Waals surface area contributed by atoms with Crippen LogP contribution < -0.4 is 0 Å². The monoisotopic (exact) mass is 367 g/mol. The lowest BCUT2D eigenvalue weighted by molar-refractivity contribution is -0.147. The lowest BCUT2D eigenvalue weighted by atomic mass is 9.68. The van der Waals surface area contributed by atoms with E-state index in [4.69, 9.17) is 0 Å². The molecule has 4 nitrogen and oxygen atoms in total. The van der Waals surface area contributed by atoms with Crippen molar-refractivity contribution in [3.05, 3.63) is 35.9 Å². The Hall–Kier alpha value is -1.84. The highest BCUT2D eigenvalue weighted by molar-refractivity contribution is 5.84. The molecule has 4 aliphatic rings. The third-order valence-corrected chi connectivity index (χ3v) is 8.30. The maximum absolute atomic E-state index is 13.8. The molecule has 0 radical (unpaired) electrons. The normalized spacial score (nSPS) is 36.1. The number of nitrogens with zero attached hydrogens (tertiary/aromatic N) is 1. The predicted molar refractivity (Wildman–Crippen MR) is 102 cm³/mol. The van der Waals surface area contributed by atoms with E-state index < -0.39 is 5.97 Å². The zero-order chi connectivity index (χ0) is 18.6. The van der Waals surface area contributed by atoms with Gasteiger partial charge in [-0.15, -0.1) is 0 Å². The molecule has 144 valence electrons. The van der Waals surface area contributed by atoms with Gasteiger partial charge in [-0.25, -0.2) is 0 Å². The molecule has 4 fully saturated rings. The van der Waals surface area contributed by atoms with Gasteiger partial charge in [-0.05, 0) is 67.8 Å². The fourth-order valence-corrected chi connectivity index (χ4v) is 6.68. The number of hydrogen-bond donors (Lipinski definition) is 1. The first-order valence-corrected chi connectivity index (χ1v) is 10.6. The molecule has 1 aliphatic heterocycles. The number of fused-ring (bicyclic) bond motifs is 2. The van der Waals surface area contributed by atoms with Crippen molar-refractivity contribution in [1.29, 1.82) is 0 Å². The van der Waals surface area contributed by atoms with Gasteiger partial charge in [-0.2, -0.15) is 0 Å². The van der Waals surface area contributed by atoms with E-state index in [2.05, 4.69) is 29.2 Å². The zero-order valence-electron chi connectivity index (χ0n) is 15.9. The summed E-state index contributed by atoms with van der Waals surface area (Å²) in [5.41, 5.74) is 1.05. The largest absolute Gasteiger partial charge is 0.481 e. The summed E-state index contributed by atoms with van der Waals surface area (Å²) in [6, 6.07) is 10.5. The minimum Gasteiger partial charge on any atom is -0.481 e. The average Bonchev–Trinajstić information content (AvgIpc) is 3.02. The van der Waals surface area contributed by atoms with E-state index in [1.807, 2.05) is 6.07 Å². The Labute approximate surface area is 160 Å². The van der Waals surface area contributed by atoms with Crippen LogP contribution in [0, 0.1) is 28.6 Å². The molecule has 1 N–H and O–H groups in total. The highest BCUT2D eigenvalue weighted by Crippen LogP contribution is 2.61. The first kappa shape index (κ1) is 17.3. The topological polar surface area (TPSA) is 57.6 Å². The molecule has 5 rings (SSSR count). The Morgan fingerprint density at radius 3 is 2.37 bits per heavy atom. The molecule has 3 aliphatic carbocycles. The molecule has 1 aromatic carbocycles. The number of carboxylic acid groups (broad SMARTS) is 1. The van der Waals surface area contributed by atoms with Crippen molar-refractivity contribution >= 4 is 11.9 Å². The van der Waals surface area contributed by atoms with Gasteiger partial charge in [0.15, 0.2) is 0 Å². The van der Waals surface area contributed by atoms with Gasteiger partial charge in [0.05, 0.1) is 11.3 Å². The Balaban J connectivity index is 1.34. The SMILES string of the molecule is O=C(O)C1CC12CCN(C(=O)C1(Cc3ccccc3)CC3CCC1C3)CC2. The van der Waals surface area contributed by atoms with Crippen molar-refractivity contribution < 1.29 is 14.7 Å². The molecule has 0 aromatic heterocycles. The van der Waals surface area contributed by atoms with Gasteiger partial charge < -0.3 is 10.0 Å². The van der Waals surface area contributed by atoms with Crippen molar-refractivity contribution in [2.75, 3.05) is 13.1 Å². The molecule has 4 heteroatoms. The standard InChI is InChI=1S/C23H29NO3/c25-20(26)19-15-22(19)8-10-24(11-9-22)21(27)23(13-16-4-2-1-3-5-16)14-17-6-7-18(23)12-17/h1-5,17-19H,6-15H2,(H,25,26). The highest BCUT2D eigenvalue weighted by Gasteiger charge is 2.61. The Morgan fingerprint density at radius 2 is 1.81 bits per heavy atom. The molecule has 27 heavy (non-hydrogen) atoms. The van der Waals surface area contributed by atoms with Crippen molar-refractivity contribution in [3.63, 3.8) is 0 Å². The van der Waals surface area contributed by atoms with Gasteiger partial charge in [-0.3, -0.25) is 9.59 Å². The smallest absolute Gasteiger partial charge is 0.307 e. The first-order valence-electron chi connectivity index (χ1n) is 10.6. The summed E-state index contributed by atoms with van der Waals surface area (Å²) in [4.78, 5) is 27.2. The molecule has 4 unspecified atom stereocenters. The number of hydrogen-bond acceptors (Lipinski definition) is 2. The zero-order valence-corrected chi connectivity index (χ0v) is 15.9. The molecule has 2 bridgehead atoms. The fraction of sp³-hybridized carbons (Fsp3) is 0.652. The van der Waals surface area contributed by atoms with Crippen LogP contribution in [0.1, 0.15) is 50.5 Å². The number of aliphatic carboxylic acids is 1. The van der Waals surface area contributed by atoms with Crippen LogP contribution in [0.3, 0.4) is 0 Å². The summed E-state index contributed by atoms with van der Waals surface area (Å²) in [7, 11) is 0. The molecule has 3 saturated carbocycles. The van der Waals surface area contributed by atoms with Crippen LogP contribution in [0.15, 0.2) is 30.3 Å². The fourth-order valence-electron chi connectivity index (χ4n) is 6.68. The van der Waals surface area contributed by atoms with E-state index in [1.165, 1.54) is 24.8 Å². The summed E-state index contributed by atoms with van der Waals surface area (Å²) < 4.78 is 0. The second-order valence-corrected chi connectivity index (χ2v) is 9.65. The van der Waals surface area contributed by atoms with Crippen LogP contribution in [0.25, 0.3) is 0 Å². The van der Waals surface area contributed by atoms with Crippen LogP contribution >= 0.6 is 0 Å². The number of amides is 1. The minimum absolute atomic E-state index is 0.0100. The van der Waals surface area contributed by atoms with E-state index in [-0.39, 0.29) is 16.7 Å². The highest BCUT2D eigenvalue weighted by atomic mass is 16.4. The summed E-state index contributed by atoms with van der Waals surface area (Å²) in [5, 5.41) is 9.31. The maximum Gasteiger partial charge on any atom is 0.307 e. The number of carboxylic acids is 1. The summed E-state index contributed by atoms with van der Waals surface area (Å²) in [6.07, 6.45) is 8.16. The van der Waals surface area contributed by atoms with Gasteiger partial charge in [0.1, 0.15) is 0 Å². The van der Waals surface area contributed by atoms with Gasteiger partial charge in [0.2, 0.25) is 5.91 Å². The Kier molecular flexibility index (Phi) is 3.89. The third-order valence-electron chi connectivity index (χ3n) is 8.30. The van der Waals surface area contributed by atoms with Crippen molar-refractivity contribution in [2.45, 2.75) is 51.4 Å². The number of carbonyl (C=O) groups is 2. The van der Waals surface area contributed by atoms with Gasteiger partial charge in [0, 0.05) is 13.1 Å².